The summed E-state index contributed by atoms with van der Waals surface area (Å²) in [6.45, 7) is 0.111. The minimum Gasteiger partial charge on any atom is -0.461 e. The predicted molar refractivity (Wildman–Crippen MR) is 125 cm³/mol. The molecule has 0 aliphatic heterocycles. The van der Waals surface area contributed by atoms with Gasteiger partial charge >= 0.3 is 5.97 Å². The van der Waals surface area contributed by atoms with Crippen molar-refractivity contribution in [3.05, 3.63) is 70.3 Å². The summed E-state index contributed by atoms with van der Waals surface area (Å²) in [5.74, 6) is 0.439. The summed E-state index contributed by atoms with van der Waals surface area (Å²) in [7, 11) is 0. The molecule has 0 saturated carbocycles. The molecule has 164 valence electrons. The second kappa shape index (κ2) is 11.8. The molecule has 0 N–H and O–H groups in total. The third kappa shape index (κ3) is 6.30. The average molecular weight is 439 g/mol. The van der Waals surface area contributed by atoms with E-state index in [-0.39, 0.29) is 24.1 Å². The van der Waals surface area contributed by atoms with Gasteiger partial charge in [0.1, 0.15) is 6.61 Å². The molecule has 0 amide bonds. The number of carbonyl (C=O) groups excluding carboxylic acids is 3. The molecule has 1 aliphatic rings. The molecule has 2 aromatic carbocycles. The summed E-state index contributed by atoms with van der Waals surface area (Å²) in [6.07, 6.45) is 9.62. The third-order valence-electron chi connectivity index (χ3n) is 5.68. The molecule has 1 aliphatic carbocycles. The number of ketones is 2. The Morgan fingerprint density at radius 3 is 1.90 bits per heavy atom. The molecule has 0 atom stereocenters. The Balaban J connectivity index is 1.42. The van der Waals surface area contributed by atoms with Crippen molar-refractivity contribution in [2.24, 2.45) is 0 Å². The van der Waals surface area contributed by atoms with Gasteiger partial charge in [-0.1, -0.05) is 68.9 Å². The maximum absolute atomic E-state index is 12.8. The van der Waals surface area contributed by atoms with Gasteiger partial charge in [0.25, 0.3) is 0 Å². The number of unbranched alkanes of at least 4 members (excludes halogenated alkanes) is 7. The van der Waals surface area contributed by atoms with Crippen LogP contribution in [-0.2, 0) is 16.1 Å². The first-order valence-electron chi connectivity index (χ1n) is 11.2. The van der Waals surface area contributed by atoms with Crippen LogP contribution < -0.4 is 0 Å². The van der Waals surface area contributed by atoms with Crippen LogP contribution in [0.3, 0.4) is 0 Å². The van der Waals surface area contributed by atoms with Gasteiger partial charge in [0.15, 0.2) is 11.6 Å². The molecule has 5 heteroatoms. The fourth-order valence-electron chi connectivity index (χ4n) is 3.91. The number of hydrogen-bond donors (Lipinski definition) is 1. The predicted octanol–water partition coefficient (Wildman–Crippen LogP) is 5.95. The maximum atomic E-state index is 12.8. The van der Waals surface area contributed by atoms with Crippen molar-refractivity contribution in [1.82, 2.24) is 0 Å². The second-order valence-electron chi connectivity index (χ2n) is 8.05. The van der Waals surface area contributed by atoms with Crippen LogP contribution in [0.1, 0.15) is 95.2 Å². The zero-order valence-electron chi connectivity index (χ0n) is 17.9. The lowest BCUT2D eigenvalue weighted by Crippen LogP contribution is -2.21. The van der Waals surface area contributed by atoms with Crippen LogP contribution >= 0.6 is 12.6 Å². The Labute approximate surface area is 189 Å². The summed E-state index contributed by atoms with van der Waals surface area (Å²) in [6, 6.07) is 11.9. The molecule has 2 aromatic rings. The number of hydrogen-bond acceptors (Lipinski definition) is 5. The molecule has 31 heavy (non-hydrogen) atoms. The molecule has 0 heterocycles. The number of rotatable bonds is 12. The monoisotopic (exact) mass is 438 g/mol. The fourth-order valence-corrected chi connectivity index (χ4v) is 4.14. The summed E-state index contributed by atoms with van der Waals surface area (Å²) < 4.78 is 5.38. The van der Waals surface area contributed by atoms with Crippen molar-refractivity contribution in [3.63, 3.8) is 0 Å². The highest BCUT2D eigenvalue weighted by atomic mass is 32.1. The van der Waals surface area contributed by atoms with Crippen molar-refractivity contribution in [2.75, 3.05) is 5.75 Å². The Hall–Kier alpha value is -2.40. The van der Waals surface area contributed by atoms with E-state index in [1.165, 1.54) is 32.1 Å². The highest BCUT2D eigenvalue weighted by molar-refractivity contribution is 7.80. The van der Waals surface area contributed by atoms with Crippen LogP contribution in [0.4, 0.5) is 0 Å². The van der Waals surface area contributed by atoms with Crippen LogP contribution in [0.2, 0.25) is 0 Å². The smallest absolute Gasteiger partial charge is 0.306 e. The number of thiol groups is 1. The first-order valence-corrected chi connectivity index (χ1v) is 11.8. The molecule has 0 bridgehead atoms. The van der Waals surface area contributed by atoms with Crippen molar-refractivity contribution >= 4 is 30.2 Å². The maximum Gasteiger partial charge on any atom is 0.306 e. The van der Waals surface area contributed by atoms with Crippen LogP contribution in [0.15, 0.2) is 42.5 Å². The van der Waals surface area contributed by atoms with E-state index < -0.39 is 0 Å². The Bertz CT molecular complexity index is 935. The highest BCUT2D eigenvalue weighted by Gasteiger charge is 2.29. The van der Waals surface area contributed by atoms with E-state index in [1.54, 1.807) is 42.5 Å². The number of esters is 1. The van der Waals surface area contributed by atoms with Gasteiger partial charge in [-0.3, -0.25) is 14.4 Å². The average Bonchev–Trinajstić information content (AvgIpc) is 2.80. The van der Waals surface area contributed by atoms with Crippen LogP contribution in [0, 0.1) is 0 Å². The first-order chi connectivity index (χ1) is 15.1. The zero-order chi connectivity index (χ0) is 22.1. The lowest BCUT2D eigenvalue weighted by Gasteiger charge is -2.18. The Kier molecular flexibility index (Phi) is 8.89. The molecule has 4 nitrogen and oxygen atoms in total. The topological polar surface area (TPSA) is 60.4 Å². The number of fused-ring (bicyclic) bond motifs is 2. The molecule has 0 fully saturated rings. The minimum absolute atomic E-state index is 0.111. The quantitative estimate of drug-likeness (QED) is 0.216. The molecule has 3 rings (SSSR count). The zero-order valence-corrected chi connectivity index (χ0v) is 18.8. The van der Waals surface area contributed by atoms with E-state index >= 15 is 0 Å². The van der Waals surface area contributed by atoms with Crippen molar-refractivity contribution in [2.45, 2.75) is 64.4 Å². The molecule has 0 unspecified atom stereocenters. The molecule has 0 radical (unpaired) electrons. The van der Waals surface area contributed by atoms with E-state index in [9.17, 15) is 14.4 Å². The van der Waals surface area contributed by atoms with E-state index in [0.29, 0.717) is 34.2 Å². The Morgan fingerprint density at radius 2 is 1.26 bits per heavy atom. The number of carbonyl (C=O) groups is 3. The van der Waals surface area contributed by atoms with E-state index in [1.807, 2.05) is 0 Å². The van der Waals surface area contributed by atoms with E-state index in [2.05, 4.69) is 12.6 Å². The van der Waals surface area contributed by atoms with Crippen molar-refractivity contribution in [3.8, 4) is 0 Å². The SMILES string of the molecule is O=C(CCCCCCCCCCS)OCc1ccc2c(c1)C(=O)c1ccccc1C2=O. The number of ether oxygens (including phenoxy) is 1. The molecule has 0 saturated heterocycles. The first kappa shape index (κ1) is 23.3. The van der Waals surface area contributed by atoms with Crippen LogP contribution in [-0.4, -0.2) is 23.3 Å². The van der Waals surface area contributed by atoms with Gasteiger partial charge in [0, 0.05) is 28.7 Å². The van der Waals surface area contributed by atoms with Gasteiger partial charge in [-0.15, -0.1) is 0 Å². The van der Waals surface area contributed by atoms with Gasteiger partial charge in [-0.25, -0.2) is 0 Å². The minimum atomic E-state index is -0.223. The highest BCUT2D eigenvalue weighted by Crippen LogP contribution is 2.28. The van der Waals surface area contributed by atoms with Gasteiger partial charge in [-0.05, 0) is 36.3 Å². The summed E-state index contributed by atoms with van der Waals surface area (Å²) in [4.78, 5) is 37.5. The van der Waals surface area contributed by atoms with Gasteiger partial charge in [0.05, 0.1) is 0 Å². The number of benzene rings is 2. The van der Waals surface area contributed by atoms with Crippen molar-refractivity contribution < 1.29 is 19.1 Å². The lowest BCUT2D eigenvalue weighted by atomic mass is 9.83. The molecular weight excluding hydrogens is 408 g/mol. The summed E-state index contributed by atoms with van der Waals surface area (Å²) in [5, 5.41) is 0. The molecule has 0 aromatic heterocycles. The van der Waals surface area contributed by atoms with Crippen molar-refractivity contribution in [1.29, 1.82) is 0 Å². The van der Waals surface area contributed by atoms with Crippen LogP contribution in [0.5, 0.6) is 0 Å². The third-order valence-corrected chi connectivity index (χ3v) is 5.99. The van der Waals surface area contributed by atoms with E-state index in [0.717, 1.165) is 25.0 Å². The Morgan fingerprint density at radius 1 is 0.710 bits per heavy atom. The van der Waals surface area contributed by atoms with Crippen LogP contribution in [0.25, 0.3) is 0 Å². The normalized spacial score (nSPS) is 12.4. The van der Waals surface area contributed by atoms with Gasteiger partial charge < -0.3 is 4.74 Å². The largest absolute Gasteiger partial charge is 0.461 e. The molecular formula is C26H30O4S. The van der Waals surface area contributed by atoms with E-state index in [4.69, 9.17) is 4.74 Å². The fraction of sp³-hybridized carbons (Fsp3) is 0.423. The lowest BCUT2D eigenvalue weighted by molar-refractivity contribution is -0.145. The summed E-state index contributed by atoms with van der Waals surface area (Å²) >= 11 is 4.22. The molecule has 0 spiro atoms. The standard InChI is InChI=1S/C26H30O4S/c27-24(13-7-5-3-1-2-4-6-10-16-31)30-18-19-14-15-22-23(17-19)26(29)21-12-9-8-11-20(21)25(22)28/h8-9,11-12,14-15,17,31H,1-7,10,13,16,18H2. The van der Waals surface area contributed by atoms with Gasteiger partial charge in [0.2, 0.25) is 0 Å². The van der Waals surface area contributed by atoms with Gasteiger partial charge in [-0.2, -0.15) is 12.6 Å². The summed E-state index contributed by atoms with van der Waals surface area (Å²) in [5.41, 5.74) is 2.37. The second-order valence-corrected chi connectivity index (χ2v) is 8.49.